The van der Waals surface area contributed by atoms with Crippen molar-refractivity contribution in [3.8, 4) is 11.5 Å². The van der Waals surface area contributed by atoms with Gasteiger partial charge in [-0.3, -0.25) is 9.69 Å². The molecule has 0 unspecified atom stereocenters. The molecule has 1 fully saturated rings. The number of nitrogens with one attached hydrogen (secondary N) is 1. The van der Waals surface area contributed by atoms with Gasteiger partial charge in [0.1, 0.15) is 18.1 Å². The van der Waals surface area contributed by atoms with Crippen LogP contribution >= 0.6 is 23.2 Å². The molecule has 1 saturated heterocycles. The summed E-state index contributed by atoms with van der Waals surface area (Å²) in [5.41, 5.74) is 1.14. The molecule has 0 atom stereocenters. The number of halogens is 2. The first-order valence-corrected chi connectivity index (χ1v) is 10.5. The van der Waals surface area contributed by atoms with Gasteiger partial charge in [-0.15, -0.1) is 0 Å². The lowest BCUT2D eigenvalue weighted by atomic mass is 9.95. The predicted octanol–water partition coefficient (Wildman–Crippen LogP) is 4.41. The van der Waals surface area contributed by atoms with Gasteiger partial charge in [0, 0.05) is 18.5 Å². The van der Waals surface area contributed by atoms with Crippen LogP contribution in [-0.2, 0) is 11.3 Å². The zero-order chi connectivity index (χ0) is 20.6. The number of rotatable bonds is 8. The summed E-state index contributed by atoms with van der Waals surface area (Å²) in [5, 5.41) is 4.13. The van der Waals surface area contributed by atoms with Crippen LogP contribution in [-0.4, -0.2) is 44.2 Å². The molecule has 29 heavy (non-hydrogen) atoms. The van der Waals surface area contributed by atoms with Crippen LogP contribution in [0.4, 0.5) is 0 Å². The second kappa shape index (κ2) is 10.7. The summed E-state index contributed by atoms with van der Waals surface area (Å²) >= 11 is 12.1. The van der Waals surface area contributed by atoms with Gasteiger partial charge in [-0.05, 0) is 55.8 Å². The highest BCUT2D eigenvalue weighted by Crippen LogP contribution is 2.25. The van der Waals surface area contributed by atoms with Crippen molar-refractivity contribution in [1.29, 1.82) is 0 Å². The Kier molecular flexibility index (Phi) is 8.04. The number of nitrogens with zero attached hydrogens (tertiary/aromatic N) is 1. The van der Waals surface area contributed by atoms with E-state index in [4.69, 9.17) is 32.7 Å². The smallest absolute Gasteiger partial charge is 0.223 e. The fourth-order valence-electron chi connectivity index (χ4n) is 3.43. The highest BCUT2D eigenvalue weighted by Gasteiger charge is 2.24. The first-order chi connectivity index (χ1) is 14.0. The molecular weight excluding hydrogens is 411 g/mol. The van der Waals surface area contributed by atoms with E-state index in [9.17, 15) is 4.79 Å². The van der Waals surface area contributed by atoms with E-state index >= 15 is 0 Å². The summed E-state index contributed by atoms with van der Waals surface area (Å²) in [6.45, 7) is 3.51. The summed E-state index contributed by atoms with van der Waals surface area (Å²) < 4.78 is 10.8. The highest BCUT2D eigenvalue weighted by molar-refractivity contribution is 6.42. The number of hydrogen-bond donors (Lipinski definition) is 1. The molecule has 3 rings (SSSR count). The van der Waals surface area contributed by atoms with Crippen LogP contribution in [0.15, 0.2) is 42.5 Å². The molecule has 0 radical (unpaired) electrons. The molecule has 0 aliphatic carbocycles. The number of carbonyl (C=O) groups is 1. The van der Waals surface area contributed by atoms with Gasteiger partial charge in [0.2, 0.25) is 5.91 Å². The van der Waals surface area contributed by atoms with E-state index in [1.54, 1.807) is 7.11 Å². The van der Waals surface area contributed by atoms with Crippen molar-refractivity contribution in [2.45, 2.75) is 19.4 Å². The summed E-state index contributed by atoms with van der Waals surface area (Å²) in [6, 6.07) is 13.2. The minimum Gasteiger partial charge on any atom is -0.497 e. The third-order valence-electron chi connectivity index (χ3n) is 5.06. The fourth-order valence-corrected chi connectivity index (χ4v) is 3.75. The van der Waals surface area contributed by atoms with Crippen LogP contribution in [0.5, 0.6) is 11.5 Å². The Bertz CT molecular complexity index is 823. The number of piperidine rings is 1. The van der Waals surface area contributed by atoms with Gasteiger partial charge in [-0.2, -0.15) is 0 Å². The summed E-state index contributed by atoms with van der Waals surface area (Å²) in [6.07, 6.45) is 1.70. The molecule has 1 aliphatic rings. The molecule has 2 aromatic rings. The van der Waals surface area contributed by atoms with Gasteiger partial charge in [-0.25, -0.2) is 0 Å². The van der Waals surface area contributed by atoms with E-state index in [1.165, 1.54) is 0 Å². The topological polar surface area (TPSA) is 50.8 Å². The van der Waals surface area contributed by atoms with E-state index in [0.29, 0.717) is 23.2 Å². The number of methoxy groups -OCH3 is 1. The Morgan fingerprint density at radius 2 is 1.86 bits per heavy atom. The Balaban J connectivity index is 1.35. The van der Waals surface area contributed by atoms with Crippen molar-refractivity contribution >= 4 is 29.1 Å². The molecule has 0 spiro atoms. The van der Waals surface area contributed by atoms with E-state index < -0.39 is 0 Å². The number of ether oxygens (including phenoxy) is 2. The van der Waals surface area contributed by atoms with E-state index in [1.807, 2.05) is 42.5 Å². The lowest BCUT2D eigenvalue weighted by molar-refractivity contribution is -0.126. The van der Waals surface area contributed by atoms with Crippen LogP contribution in [0, 0.1) is 5.92 Å². The molecule has 2 aromatic carbocycles. The molecular formula is C22H26Cl2N2O3. The molecule has 5 nitrogen and oxygen atoms in total. The van der Waals surface area contributed by atoms with Crippen molar-refractivity contribution in [3.05, 3.63) is 58.1 Å². The molecule has 1 heterocycles. The second-order valence-electron chi connectivity index (χ2n) is 7.12. The van der Waals surface area contributed by atoms with Crippen LogP contribution < -0.4 is 14.8 Å². The minimum absolute atomic E-state index is 0.0527. The van der Waals surface area contributed by atoms with Crippen molar-refractivity contribution in [2.75, 3.05) is 33.4 Å². The molecule has 0 saturated carbocycles. The average Bonchev–Trinajstić information content (AvgIpc) is 2.74. The zero-order valence-electron chi connectivity index (χ0n) is 16.5. The van der Waals surface area contributed by atoms with Gasteiger partial charge in [0.15, 0.2) is 0 Å². The maximum absolute atomic E-state index is 12.4. The summed E-state index contributed by atoms with van der Waals surface area (Å²) in [7, 11) is 1.62. The first-order valence-electron chi connectivity index (χ1n) is 9.76. The fraction of sp³-hybridized carbons (Fsp3) is 0.409. The van der Waals surface area contributed by atoms with Crippen LogP contribution in [0.1, 0.15) is 18.4 Å². The molecule has 1 N–H and O–H groups in total. The van der Waals surface area contributed by atoms with Crippen molar-refractivity contribution in [3.63, 3.8) is 0 Å². The SMILES string of the molecule is COc1cccc(OCCNC(=O)C2CCN(Cc3ccc(Cl)c(Cl)c3)CC2)c1. The maximum Gasteiger partial charge on any atom is 0.223 e. The van der Waals surface area contributed by atoms with Gasteiger partial charge in [-0.1, -0.05) is 35.3 Å². The molecule has 1 aliphatic heterocycles. The zero-order valence-corrected chi connectivity index (χ0v) is 18.0. The number of hydrogen-bond acceptors (Lipinski definition) is 4. The standard InChI is InChI=1S/C22H26Cl2N2O3/c1-28-18-3-2-4-19(14-18)29-12-9-25-22(27)17-7-10-26(11-8-17)15-16-5-6-20(23)21(24)13-16/h2-6,13-14,17H,7-12,15H2,1H3,(H,25,27). The molecule has 0 bridgehead atoms. The third kappa shape index (κ3) is 6.53. The minimum atomic E-state index is 0.0527. The summed E-state index contributed by atoms with van der Waals surface area (Å²) in [5.74, 6) is 1.64. The number of likely N-dealkylation sites (tertiary alicyclic amines) is 1. The lowest BCUT2D eigenvalue weighted by Crippen LogP contribution is -2.41. The van der Waals surface area contributed by atoms with Crippen molar-refractivity contribution < 1.29 is 14.3 Å². The van der Waals surface area contributed by atoms with Gasteiger partial charge >= 0.3 is 0 Å². The molecule has 7 heteroatoms. The Morgan fingerprint density at radius 3 is 2.59 bits per heavy atom. The monoisotopic (exact) mass is 436 g/mol. The average molecular weight is 437 g/mol. The maximum atomic E-state index is 12.4. The quantitative estimate of drug-likeness (QED) is 0.622. The normalized spacial score (nSPS) is 15.1. The van der Waals surface area contributed by atoms with E-state index in [0.717, 1.165) is 49.5 Å². The van der Waals surface area contributed by atoms with Crippen LogP contribution in [0.2, 0.25) is 10.0 Å². The van der Waals surface area contributed by atoms with Gasteiger partial charge in [0.05, 0.1) is 23.7 Å². The Hall–Kier alpha value is -1.95. The van der Waals surface area contributed by atoms with Crippen LogP contribution in [0.25, 0.3) is 0 Å². The van der Waals surface area contributed by atoms with E-state index in [-0.39, 0.29) is 11.8 Å². The molecule has 0 aromatic heterocycles. The van der Waals surface area contributed by atoms with Crippen molar-refractivity contribution in [1.82, 2.24) is 10.2 Å². The van der Waals surface area contributed by atoms with Crippen molar-refractivity contribution in [2.24, 2.45) is 5.92 Å². The van der Waals surface area contributed by atoms with E-state index in [2.05, 4.69) is 10.2 Å². The number of carbonyl (C=O) groups excluding carboxylic acids is 1. The molecule has 156 valence electrons. The summed E-state index contributed by atoms with van der Waals surface area (Å²) in [4.78, 5) is 14.8. The van der Waals surface area contributed by atoms with Crippen LogP contribution in [0.3, 0.4) is 0 Å². The molecule has 1 amide bonds. The van der Waals surface area contributed by atoms with Gasteiger partial charge in [0.25, 0.3) is 0 Å². The highest BCUT2D eigenvalue weighted by atomic mass is 35.5. The predicted molar refractivity (Wildman–Crippen MR) is 116 cm³/mol. The Labute approximate surface area is 181 Å². The number of benzene rings is 2. The first kappa shape index (κ1) is 21.8. The lowest BCUT2D eigenvalue weighted by Gasteiger charge is -2.31. The third-order valence-corrected chi connectivity index (χ3v) is 5.80. The Morgan fingerprint density at radius 1 is 1.10 bits per heavy atom. The van der Waals surface area contributed by atoms with Gasteiger partial charge < -0.3 is 14.8 Å². The largest absolute Gasteiger partial charge is 0.497 e. The number of amides is 1. The second-order valence-corrected chi connectivity index (χ2v) is 7.93.